The fraction of sp³-hybridized carbons (Fsp3) is 0. The Balaban J connectivity index is 2.29. The van der Waals surface area contributed by atoms with Gasteiger partial charge in [-0.15, -0.1) is 0 Å². The summed E-state index contributed by atoms with van der Waals surface area (Å²) in [6.45, 7) is 0. The van der Waals surface area contributed by atoms with Crippen LogP contribution in [0, 0.1) is 0 Å². The van der Waals surface area contributed by atoms with Crippen molar-refractivity contribution >= 4 is 29.2 Å². The molecule has 0 saturated carbocycles. The number of pyridine rings is 1. The largest absolute Gasteiger partial charge is 0.382 e. The van der Waals surface area contributed by atoms with E-state index in [1.807, 2.05) is 18.2 Å². The first kappa shape index (κ1) is 10.2. The highest BCUT2D eigenvalue weighted by Gasteiger charge is 2.08. The van der Waals surface area contributed by atoms with Gasteiger partial charge in [-0.1, -0.05) is 17.7 Å². The van der Waals surface area contributed by atoms with Crippen molar-refractivity contribution in [2.75, 3.05) is 5.73 Å². The van der Waals surface area contributed by atoms with Crippen molar-refractivity contribution in [3.63, 3.8) is 0 Å². The molecule has 0 spiro atoms. The van der Waals surface area contributed by atoms with Crippen molar-refractivity contribution in [1.29, 1.82) is 0 Å². The molecule has 2 aromatic heterocycles. The molecule has 0 bridgehead atoms. The number of rotatable bonds is 2. The summed E-state index contributed by atoms with van der Waals surface area (Å²) < 4.78 is 0. The zero-order valence-electron chi connectivity index (χ0n) is 7.59. The lowest BCUT2D eigenvalue weighted by Crippen LogP contribution is -1.94. The SMILES string of the molecule is Nc1ncnc(Sc2ccccn2)c1Cl. The van der Waals surface area contributed by atoms with Crippen LogP contribution in [-0.2, 0) is 0 Å². The maximum Gasteiger partial charge on any atom is 0.146 e. The van der Waals surface area contributed by atoms with Crippen molar-refractivity contribution in [2.45, 2.75) is 10.1 Å². The van der Waals surface area contributed by atoms with Crippen molar-refractivity contribution in [1.82, 2.24) is 15.0 Å². The number of hydrogen-bond acceptors (Lipinski definition) is 5. The molecule has 0 amide bonds. The quantitative estimate of drug-likeness (QED) is 0.813. The Kier molecular flexibility index (Phi) is 3.03. The van der Waals surface area contributed by atoms with E-state index >= 15 is 0 Å². The summed E-state index contributed by atoms with van der Waals surface area (Å²) in [5.41, 5.74) is 5.56. The molecule has 0 radical (unpaired) electrons. The minimum Gasteiger partial charge on any atom is -0.382 e. The molecule has 4 nitrogen and oxygen atoms in total. The molecule has 2 heterocycles. The van der Waals surface area contributed by atoms with Gasteiger partial charge in [0.05, 0.1) is 0 Å². The fourth-order valence-electron chi connectivity index (χ4n) is 0.944. The lowest BCUT2D eigenvalue weighted by Gasteiger charge is -2.02. The molecule has 0 atom stereocenters. The van der Waals surface area contributed by atoms with Gasteiger partial charge in [0.1, 0.15) is 27.2 Å². The third kappa shape index (κ3) is 2.37. The molecule has 0 aliphatic heterocycles. The lowest BCUT2D eigenvalue weighted by molar-refractivity contribution is 1.04. The average Bonchev–Trinajstić information content (AvgIpc) is 2.26. The number of aromatic nitrogens is 3. The smallest absolute Gasteiger partial charge is 0.146 e. The van der Waals surface area contributed by atoms with Crippen molar-refractivity contribution in [3.05, 3.63) is 35.7 Å². The molecule has 2 N–H and O–H groups in total. The third-order valence-corrected chi connectivity index (χ3v) is 3.06. The van der Waals surface area contributed by atoms with E-state index in [0.717, 1.165) is 5.03 Å². The van der Waals surface area contributed by atoms with Crippen LogP contribution >= 0.6 is 23.4 Å². The maximum absolute atomic E-state index is 5.94. The number of anilines is 1. The molecular weight excluding hydrogens is 232 g/mol. The summed E-state index contributed by atoms with van der Waals surface area (Å²) in [6, 6.07) is 5.62. The molecule has 0 saturated heterocycles. The van der Waals surface area contributed by atoms with Crippen molar-refractivity contribution < 1.29 is 0 Å². The van der Waals surface area contributed by atoms with E-state index in [9.17, 15) is 0 Å². The Bertz CT molecular complexity index is 463. The van der Waals surface area contributed by atoms with Gasteiger partial charge in [0, 0.05) is 6.20 Å². The van der Waals surface area contributed by atoms with Gasteiger partial charge in [-0.25, -0.2) is 15.0 Å². The van der Waals surface area contributed by atoms with Crippen molar-refractivity contribution in [3.8, 4) is 0 Å². The number of nitrogens with zero attached hydrogens (tertiary/aromatic N) is 3. The minimum atomic E-state index is 0.282. The topological polar surface area (TPSA) is 64.7 Å². The van der Waals surface area contributed by atoms with E-state index in [1.165, 1.54) is 18.1 Å². The van der Waals surface area contributed by atoms with Gasteiger partial charge in [0.2, 0.25) is 0 Å². The summed E-state index contributed by atoms with van der Waals surface area (Å²) in [5, 5.41) is 1.80. The van der Waals surface area contributed by atoms with E-state index in [2.05, 4.69) is 15.0 Å². The van der Waals surface area contributed by atoms with Gasteiger partial charge in [-0.05, 0) is 23.9 Å². The summed E-state index contributed by atoms with van der Waals surface area (Å²) in [6.07, 6.45) is 3.09. The maximum atomic E-state index is 5.94. The predicted octanol–water partition coefficient (Wildman–Crippen LogP) is 2.26. The fourth-order valence-corrected chi connectivity index (χ4v) is 1.91. The van der Waals surface area contributed by atoms with Crippen LogP contribution in [0.15, 0.2) is 40.8 Å². The van der Waals surface area contributed by atoms with Crippen LogP contribution in [0.2, 0.25) is 5.02 Å². The number of halogens is 1. The van der Waals surface area contributed by atoms with Gasteiger partial charge in [-0.3, -0.25) is 0 Å². The summed E-state index contributed by atoms with van der Waals surface area (Å²) in [5.74, 6) is 0.282. The predicted molar refractivity (Wildman–Crippen MR) is 59.8 cm³/mol. The highest BCUT2D eigenvalue weighted by molar-refractivity contribution is 7.99. The first-order chi connectivity index (χ1) is 7.27. The van der Waals surface area contributed by atoms with Crippen LogP contribution < -0.4 is 5.73 Å². The zero-order valence-corrected chi connectivity index (χ0v) is 9.16. The highest BCUT2D eigenvalue weighted by atomic mass is 35.5. The van der Waals surface area contributed by atoms with E-state index in [1.54, 1.807) is 6.20 Å². The molecule has 76 valence electrons. The molecular formula is C9H7ClN4S. The first-order valence-electron chi connectivity index (χ1n) is 4.12. The van der Waals surface area contributed by atoms with Gasteiger partial charge < -0.3 is 5.73 Å². The number of nitrogen functional groups attached to an aromatic ring is 1. The second kappa shape index (κ2) is 4.46. The minimum absolute atomic E-state index is 0.282. The molecule has 0 aliphatic carbocycles. The Morgan fingerprint density at radius 2 is 2.07 bits per heavy atom. The van der Waals surface area contributed by atoms with Gasteiger partial charge in [0.15, 0.2) is 0 Å². The van der Waals surface area contributed by atoms with Crippen LogP contribution in [0.5, 0.6) is 0 Å². The average molecular weight is 239 g/mol. The first-order valence-corrected chi connectivity index (χ1v) is 5.31. The van der Waals surface area contributed by atoms with Gasteiger partial charge in [-0.2, -0.15) is 0 Å². The zero-order chi connectivity index (χ0) is 10.7. The number of hydrogen-bond donors (Lipinski definition) is 1. The molecule has 0 fully saturated rings. The van der Waals surface area contributed by atoms with Crippen LogP contribution in [0.25, 0.3) is 0 Å². The van der Waals surface area contributed by atoms with Crippen molar-refractivity contribution in [2.24, 2.45) is 0 Å². The molecule has 2 aromatic rings. The Hall–Kier alpha value is -1.33. The van der Waals surface area contributed by atoms with Crippen LogP contribution in [0.3, 0.4) is 0 Å². The summed E-state index contributed by atoms with van der Waals surface area (Å²) in [7, 11) is 0. The van der Waals surface area contributed by atoms with Gasteiger partial charge >= 0.3 is 0 Å². The molecule has 6 heteroatoms. The van der Waals surface area contributed by atoms with Crippen LogP contribution in [0.1, 0.15) is 0 Å². The summed E-state index contributed by atoms with van der Waals surface area (Å²) in [4.78, 5) is 12.0. The van der Waals surface area contributed by atoms with E-state index in [-0.39, 0.29) is 5.82 Å². The second-order valence-electron chi connectivity index (χ2n) is 2.65. The Morgan fingerprint density at radius 3 is 2.80 bits per heavy atom. The van der Waals surface area contributed by atoms with Crippen LogP contribution in [0.4, 0.5) is 5.82 Å². The Morgan fingerprint density at radius 1 is 1.20 bits per heavy atom. The normalized spacial score (nSPS) is 10.2. The lowest BCUT2D eigenvalue weighted by atomic mass is 10.5. The monoisotopic (exact) mass is 238 g/mol. The Labute approximate surface area is 95.9 Å². The third-order valence-electron chi connectivity index (χ3n) is 1.62. The standard InChI is InChI=1S/C9H7ClN4S/c10-7-8(11)13-5-14-9(7)15-6-3-1-2-4-12-6/h1-5H,(H2,11,13,14). The van der Waals surface area contributed by atoms with E-state index in [4.69, 9.17) is 17.3 Å². The molecule has 2 rings (SSSR count). The van der Waals surface area contributed by atoms with E-state index < -0.39 is 0 Å². The summed E-state index contributed by atoms with van der Waals surface area (Å²) >= 11 is 7.30. The van der Waals surface area contributed by atoms with Gasteiger partial charge in [0.25, 0.3) is 0 Å². The second-order valence-corrected chi connectivity index (χ2v) is 4.04. The molecule has 0 aromatic carbocycles. The van der Waals surface area contributed by atoms with Crippen LogP contribution in [-0.4, -0.2) is 15.0 Å². The molecule has 15 heavy (non-hydrogen) atoms. The highest BCUT2D eigenvalue weighted by Crippen LogP contribution is 2.31. The molecule has 0 unspecified atom stereocenters. The van der Waals surface area contributed by atoms with E-state index in [0.29, 0.717) is 10.0 Å². The molecule has 0 aliphatic rings. The number of nitrogens with two attached hydrogens (primary N) is 1.